The number of amides is 1. The van der Waals surface area contributed by atoms with E-state index < -0.39 is 0 Å². The van der Waals surface area contributed by atoms with Gasteiger partial charge in [0, 0.05) is 5.92 Å². The Hall–Kier alpha value is -2.42. The number of nitrogens with zero attached hydrogens (tertiary/aromatic N) is 1. The minimum atomic E-state index is 0.0141. The Morgan fingerprint density at radius 1 is 1.04 bits per heavy atom. The Balaban J connectivity index is 1.59. The van der Waals surface area contributed by atoms with E-state index >= 15 is 0 Å². The minimum Gasteiger partial charge on any atom is -0.273 e. The Morgan fingerprint density at radius 3 is 2.28 bits per heavy atom. The summed E-state index contributed by atoms with van der Waals surface area (Å²) in [5.41, 5.74) is 7.29. The van der Waals surface area contributed by atoms with Gasteiger partial charge in [0.25, 0.3) is 0 Å². The number of benzene rings is 2. The van der Waals surface area contributed by atoms with Crippen LogP contribution >= 0.6 is 0 Å². The van der Waals surface area contributed by atoms with Crippen LogP contribution in [0.4, 0.5) is 0 Å². The highest BCUT2D eigenvalue weighted by molar-refractivity contribution is 5.99. The molecule has 25 heavy (non-hydrogen) atoms. The maximum absolute atomic E-state index is 12.3. The van der Waals surface area contributed by atoms with Crippen LogP contribution in [0.2, 0.25) is 0 Å². The molecule has 3 rings (SSSR count). The maximum atomic E-state index is 12.3. The van der Waals surface area contributed by atoms with Gasteiger partial charge in [0.1, 0.15) is 0 Å². The van der Waals surface area contributed by atoms with Gasteiger partial charge in [0.2, 0.25) is 5.91 Å². The molecule has 2 aromatic carbocycles. The third-order valence-electron chi connectivity index (χ3n) is 4.86. The smallest absolute Gasteiger partial charge is 0.243 e. The first-order valence-corrected chi connectivity index (χ1v) is 8.86. The van der Waals surface area contributed by atoms with Crippen molar-refractivity contribution in [3.8, 4) is 0 Å². The lowest BCUT2D eigenvalue weighted by Crippen LogP contribution is -2.21. The first-order valence-electron chi connectivity index (χ1n) is 8.86. The van der Waals surface area contributed by atoms with E-state index in [1.807, 2.05) is 37.3 Å². The monoisotopic (exact) mass is 334 g/mol. The number of rotatable bonds is 4. The molecule has 1 aliphatic rings. The van der Waals surface area contributed by atoms with E-state index in [4.69, 9.17) is 0 Å². The fourth-order valence-electron chi connectivity index (χ4n) is 3.05. The van der Waals surface area contributed by atoms with E-state index in [1.54, 1.807) is 0 Å². The van der Waals surface area contributed by atoms with Crippen LogP contribution in [0.3, 0.4) is 0 Å². The molecule has 1 fully saturated rings. The van der Waals surface area contributed by atoms with Gasteiger partial charge in [-0.3, -0.25) is 4.79 Å². The standard InChI is InChI=1S/C22H26N2O/c1-15(16-8-6-5-7-9-16)23-24-21(25)20-14-19(20)17-10-12-18(13-11-17)22(2,3)4/h5-13,19-20H,14H2,1-4H3,(H,24,25)/b23-15+/t19-,20-/m1/s1. The van der Waals surface area contributed by atoms with E-state index in [2.05, 4.69) is 55.6 Å². The average molecular weight is 334 g/mol. The second-order valence-corrected chi connectivity index (χ2v) is 7.86. The molecule has 0 aromatic heterocycles. The second kappa shape index (κ2) is 6.83. The Labute approximate surface area is 150 Å². The van der Waals surface area contributed by atoms with Gasteiger partial charge < -0.3 is 0 Å². The SMILES string of the molecule is C/C(=N\NC(=O)[C@@H]1C[C@@H]1c1ccc(C(C)(C)C)cc1)c1ccccc1. The fraction of sp³-hybridized carbons (Fsp3) is 0.364. The lowest BCUT2D eigenvalue weighted by Gasteiger charge is -2.19. The second-order valence-electron chi connectivity index (χ2n) is 7.86. The summed E-state index contributed by atoms with van der Waals surface area (Å²) in [6.07, 6.45) is 0.903. The van der Waals surface area contributed by atoms with Crippen LogP contribution in [0, 0.1) is 5.92 Å². The molecule has 0 spiro atoms. The lowest BCUT2D eigenvalue weighted by atomic mass is 9.86. The molecule has 1 saturated carbocycles. The van der Waals surface area contributed by atoms with Crippen molar-refractivity contribution in [2.45, 2.75) is 45.4 Å². The summed E-state index contributed by atoms with van der Waals surface area (Å²) in [4.78, 5) is 12.3. The number of carbonyl (C=O) groups excluding carboxylic acids is 1. The van der Waals surface area contributed by atoms with Crippen LogP contribution in [0.15, 0.2) is 59.7 Å². The largest absolute Gasteiger partial charge is 0.273 e. The lowest BCUT2D eigenvalue weighted by molar-refractivity contribution is -0.122. The Kier molecular flexibility index (Phi) is 4.76. The number of nitrogens with one attached hydrogen (secondary N) is 1. The van der Waals surface area contributed by atoms with Crippen molar-refractivity contribution in [2.24, 2.45) is 11.0 Å². The van der Waals surface area contributed by atoms with Gasteiger partial charge in [-0.15, -0.1) is 0 Å². The Bertz CT molecular complexity index is 770. The van der Waals surface area contributed by atoms with Crippen molar-refractivity contribution in [3.63, 3.8) is 0 Å². The van der Waals surface area contributed by atoms with E-state index in [-0.39, 0.29) is 17.2 Å². The van der Waals surface area contributed by atoms with Gasteiger partial charge >= 0.3 is 0 Å². The molecular formula is C22H26N2O. The Morgan fingerprint density at radius 2 is 1.68 bits per heavy atom. The zero-order valence-corrected chi connectivity index (χ0v) is 15.4. The van der Waals surface area contributed by atoms with E-state index in [1.165, 1.54) is 11.1 Å². The number of carbonyl (C=O) groups is 1. The molecule has 1 aliphatic carbocycles. The highest BCUT2D eigenvalue weighted by atomic mass is 16.2. The number of hydrogen-bond donors (Lipinski definition) is 1. The molecule has 0 unspecified atom stereocenters. The van der Waals surface area contributed by atoms with Gasteiger partial charge in [0.05, 0.1) is 5.71 Å². The third kappa shape index (κ3) is 4.16. The van der Waals surface area contributed by atoms with Crippen molar-refractivity contribution in [2.75, 3.05) is 0 Å². The van der Waals surface area contributed by atoms with E-state index in [0.717, 1.165) is 17.7 Å². The highest BCUT2D eigenvalue weighted by Crippen LogP contribution is 2.47. The van der Waals surface area contributed by atoms with Gasteiger partial charge in [-0.1, -0.05) is 75.4 Å². The summed E-state index contributed by atoms with van der Waals surface area (Å²) in [6.45, 7) is 8.54. The molecule has 0 saturated heterocycles. The molecule has 0 aliphatic heterocycles. The van der Waals surface area contributed by atoms with Crippen molar-refractivity contribution in [1.29, 1.82) is 0 Å². The predicted octanol–water partition coefficient (Wildman–Crippen LogP) is 4.63. The summed E-state index contributed by atoms with van der Waals surface area (Å²) in [5.74, 6) is 0.370. The quantitative estimate of drug-likeness (QED) is 0.643. The zero-order valence-electron chi connectivity index (χ0n) is 15.4. The number of hydrogen-bond acceptors (Lipinski definition) is 2. The molecule has 1 N–H and O–H groups in total. The fourth-order valence-corrected chi connectivity index (χ4v) is 3.05. The first kappa shape index (κ1) is 17.4. The average Bonchev–Trinajstić information content (AvgIpc) is 3.40. The summed E-state index contributed by atoms with van der Waals surface area (Å²) in [6, 6.07) is 18.6. The van der Waals surface area contributed by atoms with E-state index in [9.17, 15) is 4.79 Å². The highest BCUT2D eigenvalue weighted by Gasteiger charge is 2.44. The topological polar surface area (TPSA) is 41.5 Å². The van der Waals surface area contributed by atoms with Gasteiger partial charge in [-0.2, -0.15) is 5.10 Å². The summed E-state index contributed by atoms with van der Waals surface area (Å²) in [5, 5.41) is 4.25. The van der Waals surface area contributed by atoms with Crippen LogP contribution in [-0.2, 0) is 10.2 Å². The van der Waals surface area contributed by atoms with Crippen molar-refractivity contribution in [1.82, 2.24) is 5.43 Å². The molecule has 0 radical (unpaired) electrons. The molecular weight excluding hydrogens is 308 g/mol. The van der Waals surface area contributed by atoms with Gasteiger partial charge in [-0.05, 0) is 41.4 Å². The minimum absolute atomic E-state index is 0.0141. The molecule has 3 nitrogen and oxygen atoms in total. The van der Waals surface area contributed by atoms with Crippen LogP contribution < -0.4 is 5.43 Å². The summed E-state index contributed by atoms with van der Waals surface area (Å²) >= 11 is 0. The predicted molar refractivity (Wildman–Crippen MR) is 103 cm³/mol. The van der Waals surface area contributed by atoms with Gasteiger partial charge in [0.15, 0.2) is 0 Å². The summed E-state index contributed by atoms with van der Waals surface area (Å²) < 4.78 is 0. The van der Waals surface area contributed by atoms with Crippen molar-refractivity contribution in [3.05, 3.63) is 71.3 Å². The zero-order chi connectivity index (χ0) is 18.0. The molecule has 0 heterocycles. The number of hydrazone groups is 1. The van der Waals surface area contributed by atoms with Crippen LogP contribution in [0.1, 0.15) is 56.7 Å². The molecule has 1 amide bonds. The van der Waals surface area contributed by atoms with Crippen molar-refractivity contribution >= 4 is 11.6 Å². The first-order chi connectivity index (χ1) is 11.9. The van der Waals surface area contributed by atoms with Crippen LogP contribution in [-0.4, -0.2) is 11.6 Å². The molecule has 3 heteroatoms. The summed E-state index contributed by atoms with van der Waals surface area (Å²) in [7, 11) is 0. The molecule has 130 valence electrons. The van der Waals surface area contributed by atoms with Crippen LogP contribution in [0.25, 0.3) is 0 Å². The van der Waals surface area contributed by atoms with E-state index in [0.29, 0.717) is 5.92 Å². The maximum Gasteiger partial charge on any atom is 0.243 e. The molecule has 2 atom stereocenters. The normalized spacial score (nSPS) is 20.2. The third-order valence-corrected chi connectivity index (χ3v) is 4.86. The molecule has 0 bridgehead atoms. The molecule has 2 aromatic rings. The van der Waals surface area contributed by atoms with Crippen LogP contribution in [0.5, 0.6) is 0 Å². The van der Waals surface area contributed by atoms with Gasteiger partial charge in [-0.25, -0.2) is 5.43 Å². The van der Waals surface area contributed by atoms with Crippen molar-refractivity contribution < 1.29 is 4.79 Å².